The smallest absolute Gasteiger partial charge is 0.331 e. The van der Waals surface area contributed by atoms with Gasteiger partial charge in [-0.1, -0.05) is 72.8 Å². The highest BCUT2D eigenvalue weighted by Crippen LogP contribution is 2.21. The molecule has 28 heavy (non-hydrogen) atoms. The molecule has 0 aliphatic heterocycles. The van der Waals surface area contributed by atoms with E-state index in [0.29, 0.717) is 11.3 Å². The number of carbonyl (C=O) groups excluding carboxylic acids is 2. The van der Waals surface area contributed by atoms with Gasteiger partial charge in [-0.15, -0.1) is 0 Å². The van der Waals surface area contributed by atoms with E-state index in [1.165, 1.54) is 13.2 Å². The number of carbonyl (C=O) groups is 2. The molecule has 0 saturated carbocycles. The highest BCUT2D eigenvalue weighted by atomic mass is 16.5. The Morgan fingerprint density at radius 3 is 1.96 bits per heavy atom. The molecule has 0 aliphatic carbocycles. The number of ether oxygens (including phenoxy) is 2. The highest BCUT2D eigenvalue weighted by Gasteiger charge is 2.15. The molecule has 0 bridgehead atoms. The number of esters is 1. The van der Waals surface area contributed by atoms with E-state index in [0.717, 1.165) is 11.1 Å². The molecule has 0 saturated heterocycles. The van der Waals surface area contributed by atoms with Crippen LogP contribution in [0, 0.1) is 0 Å². The van der Waals surface area contributed by atoms with Gasteiger partial charge < -0.3 is 9.47 Å². The number of para-hydroxylation sites is 1. The number of ketones is 1. The van der Waals surface area contributed by atoms with Crippen LogP contribution in [0.5, 0.6) is 5.75 Å². The molecular formula is C24H20O4. The number of Topliss-reactive ketones (excluding diaryl/α,β-unsaturated/α-hetero) is 1. The molecule has 0 amide bonds. The number of hydrogen-bond donors (Lipinski definition) is 0. The summed E-state index contributed by atoms with van der Waals surface area (Å²) in [5.74, 6) is -0.257. The predicted molar refractivity (Wildman–Crippen MR) is 108 cm³/mol. The van der Waals surface area contributed by atoms with Crippen LogP contribution < -0.4 is 4.74 Å². The van der Waals surface area contributed by atoms with Gasteiger partial charge in [-0.3, -0.25) is 4.79 Å². The molecule has 0 unspecified atom stereocenters. The monoisotopic (exact) mass is 372 g/mol. The van der Waals surface area contributed by atoms with Crippen molar-refractivity contribution in [3.63, 3.8) is 0 Å². The van der Waals surface area contributed by atoms with Crippen LogP contribution in [-0.4, -0.2) is 25.5 Å². The van der Waals surface area contributed by atoms with Crippen LogP contribution in [0.1, 0.15) is 10.4 Å². The van der Waals surface area contributed by atoms with Gasteiger partial charge in [0.1, 0.15) is 12.4 Å². The highest BCUT2D eigenvalue weighted by molar-refractivity contribution is 6.11. The van der Waals surface area contributed by atoms with E-state index < -0.39 is 5.97 Å². The lowest BCUT2D eigenvalue weighted by Gasteiger charge is -2.10. The Balaban J connectivity index is 1.80. The zero-order valence-corrected chi connectivity index (χ0v) is 15.5. The summed E-state index contributed by atoms with van der Waals surface area (Å²) in [5.41, 5.74) is 2.78. The largest absolute Gasteiger partial charge is 0.489 e. The van der Waals surface area contributed by atoms with Gasteiger partial charge in [0.2, 0.25) is 0 Å². The minimum absolute atomic E-state index is 0.0294. The third kappa shape index (κ3) is 4.95. The van der Waals surface area contributed by atoms with Gasteiger partial charge in [-0.25, -0.2) is 4.79 Å². The quantitative estimate of drug-likeness (QED) is 0.342. The molecule has 0 heterocycles. The van der Waals surface area contributed by atoms with Crippen LogP contribution in [0.15, 0.2) is 96.6 Å². The molecule has 4 nitrogen and oxygen atoms in total. The van der Waals surface area contributed by atoms with E-state index in [1.54, 1.807) is 24.3 Å². The third-order valence-corrected chi connectivity index (χ3v) is 4.18. The normalized spacial score (nSPS) is 11.0. The van der Waals surface area contributed by atoms with Crippen molar-refractivity contribution in [2.45, 2.75) is 0 Å². The Morgan fingerprint density at radius 2 is 1.36 bits per heavy atom. The maximum absolute atomic E-state index is 12.9. The minimum Gasteiger partial charge on any atom is -0.489 e. The first-order valence-corrected chi connectivity index (χ1v) is 8.84. The van der Waals surface area contributed by atoms with E-state index in [9.17, 15) is 9.59 Å². The fraction of sp³-hybridized carbons (Fsp3) is 0.0833. The van der Waals surface area contributed by atoms with Crippen LogP contribution in [0.2, 0.25) is 0 Å². The molecule has 0 spiro atoms. The molecule has 3 rings (SSSR count). The summed E-state index contributed by atoms with van der Waals surface area (Å²) >= 11 is 0. The number of methoxy groups -OCH3 is 1. The molecule has 0 aliphatic rings. The minimum atomic E-state index is -0.596. The van der Waals surface area contributed by atoms with Crippen molar-refractivity contribution in [2.24, 2.45) is 0 Å². The molecule has 0 radical (unpaired) electrons. The lowest BCUT2D eigenvalue weighted by atomic mass is 9.99. The van der Waals surface area contributed by atoms with Gasteiger partial charge in [0.15, 0.2) is 5.78 Å². The van der Waals surface area contributed by atoms with Crippen molar-refractivity contribution in [1.29, 1.82) is 0 Å². The van der Waals surface area contributed by atoms with Gasteiger partial charge in [0, 0.05) is 17.2 Å². The van der Waals surface area contributed by atoms with E-state index >= 15 is 0 Å². The Bertz CT molecular complexity index is 959. The maximum atomic E-state index is 12.9. The van der Waals surface area contributed by atoms with Crippen molar-refractivity contribution in [3.05, 3.63) is 102 Å². The SMILES string of the molecule is COC(=O)C=C(COc1ccccc1)C(=O)c1ccc(-c2ccccc2)cc1. The summed E-state index contributed by atoms with van der Waals surface area (Å²) < 4.78 is 10.3. The van der Waals surface area contributed by atoms with Crippen molar-refractivity contribution < 1.29 is 19.1 Å². The molecule has 0 fully saturated rings. The summed E-state index contributed by atoms with van der Waals surface area (Å²) in [7, 11) is 1.27. The predicted octanol–water partition coefficient (Wildman–Crippen LogP) is 4.71. The van der Waals surface area contributed by atoms with Crippen molar-refractivity contribution in [1.82, 2.24) is 0 Å². The van der Waals surface area contributed by atoms with Gasteiger partial charge in [0.05, 0.1) is 7.11 Å². The summed E-state index contributed by atoms with van der Waals surface area (Å²) in [5, 5.41) is 0. The second kappa shape index (κ2) is 9.33. The fourth-order valence-corrected chi connectivity index (χ4v) is 2.68. The Labute approximate surface area is 164 Å². The Hall–Kier alpha value is -3.66. The van der Waals surface area contributed by atoms with E-state index in [-0.39, 0.29) is 18.0 Å². The molecular weight excluding hydrogens is 352 g/mol. The van der Waals surface area contributed by atoms with Crippen LogP contribution >= 0.6 is 0 Å². The second-order valence-corrected chi connectivity index (χ2v) is 6.07. The fourth-order valence-electron chi connectivity index (χ4n) is 2.68. The Kier molecular flexibility index (Phi) is 6.37. The van der Waals surface area contributed by atoms with Gasteiger partial charge in [-0.2, -0.15) is 0 Å². The zero-order valence-electron chi connectivity index (χ0n) is 15.5. The summed E-state index contributed by atoms with van der Waals surface area (Å²) in [4.78, 5) is 24.6. The molecule has 0 aromatic heterocycles. The average Bonchev–Trinajstić information content (AvgIpc) is 2.77. The number of hydrogen-bond acceptors (Lipinski definition) is 4. The summed E-state index contributed by atoms with van der Waals surface area (Å²) in [6.07, 6.45) is 1.18. The maximum Gasteiger partial charge on any atom is 0.331 e. The van der Waals surface area contributed by atoms with Gasteiger partial charge in [0.25, 0.3) is 0 Å². The van der Waals surface area contributed by atoms with Crippen molar-refractivity contribution in [3.8, 4) is 16.9 Å². The lowest BCUT2D eigenvalue weighted by molar-refractivity contribution is -0.134. The first kappa shape index (κ1) is 19.1. The number of rotatable bonds is 7. The van der Waals surface area contributed by atoms with Gasteiger partial charge in [-0.05, 0) is 23.3 Å². The van der Waals surface area contributed by atoms with Gasteiger partial charge >= 0.3 is 5.97 Å². The van der Waals surface area contributed by atoms with Crippen LogP contribution in [0.4, 0.5) is 0 Å². The number of benzene rings is 3. The summed E-state index contributed by atoms with van der Waals surface area (Å²) in [6, 6.07) is 26.3. The first-order chi connectivity index (χ1) is 13.7. The summed E-state index contributed by atoms with van der Waals surface area (Å²) in [6.45, 7) is -0.0294. The molecule has 140 valence electrons. The average molecular weight is 372 g/mol. The zero-order chi connectivity index (χ0) is 19.8. The van der Waals surface area contributed by atoms with Crippen LogP contribution in [-0.2, 0) is 9.53 Å². The second-order valence-electron chi connectivity index (χ2n) is 6.07. The van der Waals surface area contributed by atoms with Crippen LogP contribution in [0.3, 0.4) is 0 Å². The standard InChI is InChI=1S/C24H20O4/c1-27-23(25)16-21(17-28-22-10-6-3-7-11-22)24(26)20-14-12-19(13-15-20)18-8-4-2-5-9-18/h2-16H,17H2,1H3. The third-order valence-electron chi connectivity index (χ3n) is 4.18. The van der Waals surface area contributed by atoms with E-state index in [4.69, 9.17) is 4.74 Å². The van der Waals surface area contributed by atoms with Crippen molar-refractivity contribution in [2.75, 3.05) is 13.7 Å². The van der Waals surface area contributed by atoms with Crippen molar-refractivity contribution >= 4 is 11.8 Å². The lowest BCUT2D eigenvalue weighted by Crippen LogP contribution is -2.14. The molecule has 3 aromatic carbocycles. The first-order valence-electron chi connectivity index (χ1n) is 8.84. The Morgan fingerprint density at radius 1 is 0.786 bits per heavy atom. The van der Waals surface area contributed by atoms with E-state index in [2.05, 4.69) is 4.74 Å². The van der Waals surface area contributed by atoms with E-state index in [1.807, 2.05) is 60.7 Å². The molecule has 3 aromatic rings. The topological polar surface area (TPSA) is 52.6 Å². The molecule has 0 N–H and O–H groups in total. The molecule has 0 atom stereocenters. The van der Waals surface area contributed by atoms with Crippen LogP contribution in [0.25, 0.3) is 11.1 Å². The molecule has 4 heteroatoms.